The van der Waals surface area contributed by atoms with E-state index in [4.69, 9.17) is 14.4 Å². The Kier molecular flexibility index (Phi) is 5.37. The molecule has 0 atom stereocenters. The van der Waals surface area contributed by atoms with E-state index in [1.165, 1.54) is 16.5 Å². The first-order valence-corrected chi connectivity index (χ1v) is 16.8. The quantitative estimate of drug-likeness (QED) is 0.191. The van der Waals surface area contributed by atoms with Crippen LogP contribution in [0.1, 0.15) is 30.5 Å². The first kappa shape index (κ1) is 24.8. The van der Waals surface area contributed by atoms with Gasteiger partial charge in [-0.2, -0.15) is 0 Å². The van der Waals surface area contributed by atoms with E-state index in [0.717, 1.165) is 44.0 Å². The van der Waals surface area contributed by atoms with Crippen molar-refractivity contribution in [2.24, 2.45) is 0 Å². The Morgan fingerprint density at radius 1 is 0.500 bits per heavy atom. The summed E-state index contributed by atoms with van der Waals surface area (Å²) in [6.45, 7) is 4.52. The minimum absolute atomic E-state index is 0.128. The second-order valence-corrected chi connectivity index (χ2v) is 13.5. The average Bonchev–Trinajstić information content (AvgIpc) is 3.68. The van der Waals surface area contributed by atoms with Crippen molar-refractivity contribution in [1.29, 1.82) is 0 Å². The lowest BCUT2D eigenvalue weighted by molar-refractivity contribution is 0.661. The number of rotatable bonds is 4. The van der Waals surface area contributed by atoms with Crippen molar-refractivity contribution in [3.05, 3.63) is 169 Å². The highest BCUT2D eigenvalue weighted by atomic mass is 16.3. The molecule has 50 heavy (non-hydrogen) atoms. The van der Waals surface area contributed by atoms with E-state index in [1.807, 2.05) is 72.8 Å². The van der Waals surface area contributed by atoms with E-state index in [0.29, 0.717) is 28.4 Å². The highest BCUT2D eigenvalue weighted by Crippen LogP contribution is 2.53. The van der Waals surface area contributed by atoms with Crippen LogP contribution in [0.4, 0.5) is 0 Å². The highest BCUT2D eigenvalue weighted by molar-refractivity contribution is 6.06. The van der Waals surface area contributed by atoms with Crippen LogP contribution in [-0.2, 0) is 5.41 Å². The molecule has 10 rings (SSSR count). The van der Waals surface area contributed by atoms with Gasteiger partial charge in [-0.05, 0) is 80.6 Å². The molecule has 3 nitrogen and oxygen atoms in total. The molecule has 0 saturated carbocycles. The minimum atomic E-state index is -0.257. The molecule has 2 aromatic heterocycles. The first-order chi connectivity index (χ1) is 26.2. The Morgan fingerprint density at radius 2 is 1.20 bits per heavy atom. The van der Waals surface area contributed by atoms with Gasteiger partial charge in [-0.1, -0.05) is 135 Å². The summed E-state index contributed by atoms with van der Waals surface area (Å²) in [4.78, 5) is 10.1. The summed E-state index contributed by atoms with van der Waals surface area (Å²) in [7, 11) is 0. The van der Waals surface area contributed by atoms with Crippen LogP contribution < -0.4 is 0 Å². The Labute approximate surface area is 296 Å². The second kappa shape index (κ2) is 10.8. The number of para-hydroxylation sites is 1. The van der Waals surface area contributed by atoms with Gasteiger partial charge in [0.2, 0.25) is 0 Å². The summed E-state index contributed by atoms with van der Waals surface area (Å²) in [5.74, 6) is 0.440. The molecule has 2 heterocycles. The molecule has 9 aromatic rings. The van der Waals surface area contributed by atoms with Crippen LogP contribution in [0.25, 0.3) is 88.9 Å². The molecule has 0 saturated heterocycles. The minimum Gasteiger partial charge on any atom is -0.456 e. The third-order valence-corrected chi connectivity index (χ3v) is 10.1. The molecule has 0 fully saturated rings. The van der Waals surface area contributed by atoms with Crippen LogP contribution >= 0.6 is 0 Å². The summed E-state index contributed by atoms with van der Waals surface area (Å²) >= 11 is 0. The normalized spacial score (nSPS) is 14.3. The van der Waals surface area contributed by atoms with Crippen molar-refractivity contribution >= 4 is 32.7 Å². The van der Waals surface area contributed by atoms with Gasteiger partial charge in [-0.15, -0.1) is 0 Å². The molecule has 0 amide bonds. The molecule has 3 heteroatoms. The van der Waals surface area contributed by atoms with Crippen LogP contribution in [0.15, 0.2) is 162 Å². The number of hydrogen-bond donors (Lipinski definition) is 0. The van der Waals surface area contributed by atoms with Crippen LogP contribution in [0, 0.1) is 0 Å². The lowest BCUT2D eigenvalue weighted by Crippen LogP contribution is -2.14. The first-order valence-electron chi connectivity index (χ1n) is 18.8. The van der Waals surface area contributed by atoms with Crippen LogP contribution in [0.5, 0.6) is 0 Å². The lowest BCUT2D eigenvalue weighted by atomic mass is 9.81. The largest absolute Gasteiger partial charge is 0.456 e. The molecule has 0 unspecified atom stereocenters. The monoisotopic (exact) mass is 644 g/mol. The molecular formula is C47H32N2O. The van der Waals surface area contributed by atoms with Gasteiger partial charge in [0.05, 0.1) is 16.9 Å². The zero-order valence-corrected chi connectivity index (χ0v) is 27.5. The molecule has 7 aromatic carbocycles. The maximum atomic E-state index is 9.35. The van der Waals surface area contributed by atoms with E-state index in [1.54, 1.807) is 6.07 Å². The summed E-state index contributed by atoms with van der Waals surface area (Å²) in [5, 5.41) is 4.13. The standard InChI is InChI=1S/C47H32N2O/c1-47(2)39-17-10-16-36(45(39)38-26-32-13-6-7-14-33(32)27-40(38)47)42-28-41(48-46(49-42)31-11-4-3-5-12-31)30-21-19-29(20-22-30)34-23-24-44-37(25-34)35-15-8-9-18-43(35)50-44/h3-28H,1-2H3/i19D,20D,21D,22D. The number of fused-ring (bicyclic) bond motifs is 7. The number of nitrogens with zero attached hydrogens (tertiary/aromatic N) is 2. The van der Waals surface area contributed by atoms with Gasteiger partial charge < -0.3 is 4.42 Å². The fraction of sp³-hybridized carbons (Fsp3) is 0.0638. The number of hydrogen-bond acceptors (Lipinski definition) is 3. The molecular weight excluding hydrogens is 609 g/mol. The van der Waals surface area contributed by atoms with Gasteiger partial charge in [-0.3, -0.25) is 0 Å². The predicted octanol–water partition coefficient (Wildman–Crippen LogP) is 12.5. The van der Waals surface area contributed by atoms with Crippen LogP contribution in [-0.4, -0.2) is 9.97 Å². The predicted molar refractivity (Wildman–Crippen MR) is 206 cm³/mol. The maximum absolute atomic E-state index is 9.35. The van der Waals surface area contributed by atoms with Gasteiger partial charge in [0, 0.05) is 32.9 Å². The molecule has 1 aliphatic carbocycles. The van der Waals surface area contributed by atoms with E-state index in [-0.39, 0.29) is 40.7 Å². The van der Waals surface area contributed by atoms with Gasteiger partial charge in [0.15, 0.2) is 5.82 Å². The Bertz CT molecular complexity index is 2990. The maximum Gasteiger partial charge on any atom is 0.160 e. The van der Waals surface area contributed by atoms with Gasteiger partial charge >= 0.3 is 0 Å². The van der Waals surface area contributed by atoms with Crippen molar-refractivity contribution in [3.63, 3.8) is 0 Å². The third kappa shape index (κ3) is 4.44. The van der Waals surface area contributed by atoms with Crippen LogP contribution in [0.2, 0.25) is 0 Å². The van der Waals surface area contributed by atoms with Crippen molar-refractivity contribution in [1.82, 2.24) is 9.97 Å². The van der Waals surface area contributed by atoms with E-state index >= 15 is 0 Å². The van der Waals surface area contributed by atoms with Crippen LogP contribution in [0.3, 0.4) is 0 Å². The lowest BCUT2D eigenvalue weighted by Gasteiger charge is -2.22. The molecule has 236 valence electrons. The zero-order chi connectivity index (χ0) is 36.9. The Morgan fingerprint density at radius 3 is 2.04 bits per heavy atom. The summed E-state index contributed by atoms with van der Waals surface area (Å²) in [5.41, 5.74) is 9.50. The zero-order valence-electron chi connectivity index (χ0n) is 31.5. The summed E-state index contributed by atoms with van der Waals surface area (Å²) in [6.07, 6.45) is 0. The summed E-state index contributed by atoms with van der Waals surface area (Å²) < 4.78 is 43.3. The number of furan rings is 1. The molecule has 1 aliphatic rings. The van der Waals surface area contributed by atoms with E-state index in [2.05, 4.69) is 68.4 Å². The van der Waals surface area contributed by atoms with E-state index < -0.39 is 0 Å². The molecule has 0 spiro atoms. The van der Waals surface area contributed by atoms with Crippen molar-refractivity contribution in [3.8, 4) is 56.2 Å². The van der Waals surface area contributed by atoms with Crippen molar-refractivity contribution in [2.45, 2.75) is 19.3 Å². The smallest absolute Gasteiger partial charge is 0.160 e. The topological polar surface area (TPSA) is 38.9 Å². The number of benzene rings is 7. The summed E-state index contributed by atoms with van der Waals surface area (Å²) in [6, 6.07) is 43.5. The molecule has 0 aliphatic heterocycles. The number of aromatic nitrogens is 2. The van der Waals surface area contributed by atoms with Gasteiger partial charge in [0.1, 0.15) is 11.2 Å². The molecule has 0 radical (unpaired) electrons. The average molecular weight is 645 g/mol. The molecule has 0 bridgehead atoms. The Balaban J connectivity index is 1.19. The van der Waals surface area contributed by atoms with Crippen molar-refractivity contribution in [2.75, 3.05) is 0 Å². The fourth-order valence-corrected chi connectivity index (χ4v) is 7.58. The van der Waals surface area contributed by atoms with E-state index in [9.17, 15) is 5.48 Å². The third-order valence-electron chi connectivity index (χ3n) is 10.1. The SMILES string of the molecule is [2H]c1c([2H])c(-c2cc(-c3cccc4c3-c3cc5ccccc5cc3C4(C)C)nc(-c3ccccc3)n2)c([2H])c([2H])c1-c1ccc2oc3ccccc3c2c1. The van der Waals surface area contributed by atoms with Gasteiger partial charge in [0.25, 0.3) is 0 Å². The van der Waals surface area contributed by atoms with Crippen molar-refractivity contribution < 1.29 is 9.90 Å². The van der Waals surface area contributed by atoms with Gasteiger partial charge in [-0.25, -0.2) is 9.97 Å². The second-order valence-electron chi connectivity index (χ2n) is 13.5. The fourth-order valence-electron chi connectivity index (χ4n) is 7.58. The molecule has 0 N–H and O–H groups in total. The Hall–Kier alpha value is -6.32. The highest BCUT2D eigenvalue weighted by Gasteiger charge is 2.37.